The molecule has 0 aliphatic carbocycles. The maximum Gasteiger partial charge on any atom is 0.318 e. The molecule has 0 aromatic heterocycles. The van der Waals surface area contributed by atoms with Gasteiger partial charge in [-0.15, -0.1) is 0 Å². The molecule has 0 saturated heterocycles. The van der Waals surface area contributed by atoms with E-state index in [0.717, 1.165) is 5.57 Å². The highest BCUT2D eigenvalue weighted by molar-refractivity contribution is 6.09. The van der Waals surface area contributed by atoms with E-state index in [1.54, 1.807) is 19.9 Å². The lowest BCUT2D eigenvalue weighted by Gasteiger charge is -2.43. The molecule has 0 saturated carbocycles. The predicted molar refractivity (Wildman–Crippen MR) is 117 cm³/mol. The predicted octanol–water partition coefficient (Wildman–Crippen LogP) is 3.08. The van der Waals surface area contributed by atoms with Crippen molar-refractivity contribution in [2.75, 3.05) is 0 Å². The standard InChI is InChI=1S/C25H26O8/c1-12(2)7-8-24-15-6-5-13(26)9-17(15)33-25(24,30)22(28)20-18(32-24)11-16-14(21(20)27)10-19(31-16)23(3,4)29/h5-7,9,11,19,26-27,29-30H,8,10H2,1-4H3/t19-,24-,25-/m1/s1. The number of fused-ring (bicyclic) bond motifs is 5. The Balaban J connectivity index is 1.71. The van der Waals surface area contributed by atoms with Crippen molar-refractivity contribution in [2.45, 2.75) is 63.6 Å². The molecule has 33 heavy (non-hydrogen) atoms. The second kappa shape index (κ2) is 6.65. The molecular weight excluding hydrogens is 428 g/mol. The Morgan fingerprint density at radius 2 is 1.88 bits per heavy atom. The van der Waals surface area contributed by atoms with Crippen LogP contribution in [0.25, 0.3) is 0 Å². The number of benzene rings is 2. The zero-order chi connectivity index (χ0) is 23.9. The van der Waals surface area contributed by atoms with Gasteiger partial charge in [0.1, 0.15) is 40.4 Å². The largest absolute Gasteiger partial charge is 0.508 e. The number of aliphatic hydroxyl groups is 2. The number of ether oxygens (including phenoxy) is 3. The van der Waals surface area contributed by atoms with Crippen LogP contribution in [-0.2, 0) is 12.0 Å². The molecule has 3 atom stereocenters. The van der Waals surface area contributed by atoms with Crippen LogP contribution in [0.4, 0.5) is 0 Å². The number of allylic oxidation sites excluding steroid dienone is 1. The van der Waals surface area contributed by atoms with Crippen molar-refractivity contribution in [3.8, 4) is 28.7 Å². The van der Waals surface area contributed by atoms with Gasteiger partial charge in [0.15, 0.2) is 0 Å². The van der Waals surface area contributed by atoms with Crippen LogP contribution >= 0.6 is 0 Å². The van der Waals surface area contributed by atoms with E-state index in [4.69, 9.17) is 14.2 Å². The number of phenols is 2. The lowest BCUT2D eigenvalue weighted by atomic mass is 9.77. The summed E-state index contributed by atoms with van der Waals surface area (Å²) in [6.07, 6.45) is 1.48. The summed E-state index contributed by atoms with van der Waals surface area (Å²) in [5.41, 5.74) is -1.34. The fourth-order valence-electron chi connectivity index (χ4n) is 4.74. The Morgan fingerprint density at radius 3 is 2.55 bits per heavy atom. The van der Waals surface area contributed by atoms with Gasteiger partial charge in [-0.25, -0.2) is 0 Å². The average Bonchev–Trinajstić information content (AvgIpc) is 3.24. The molecule has 0 radical (unpaired) electrons. The number of rotatable bonds is 3. The van der Waals surface area contributed by atoms with Gasteiger partial charge in [0, 0.05) is 36.1 Å². The topological polar surface area (TPSA) is 126 Å². The first-order chi connectivity index (χ1) is 15.4. The van der Waals surface area contributed by atoms with Crippen LogP contribution in [0.15, 0.2) is 35.9 Å². The SMILES string of the molecule is CC(C)=CC[C@]12Oc3cc4c(c(O)c3C(=O)[C@@]1(O)Oc1cc(O)ccc12)C[C@H](C(C)(C)O)O4. The molecule has 3 aliphatic rings. The summed E-state index contributed by atoms with van der Waals surface area (Å²) >= 11 is 0. The Kier molecular flexibility index (Phi) is 4.35. The quantitative estimate of drug-likeness (QED) is 0.522. The molecule has 3 aliphatic heterocycles. The van der Waals surface area contributed by atoms with Gasteiger partial charge in [0.05, 0.1) is 5.60 Å². The summed E-state index contributed by atoms with van der Waals surface area (Å²) in [4.78, 5) is 13.7. The zero-order valence-corrected chi connectivity index (χ0v) is 18.8. The van der Waals surface area contributed by atoms with Crippen molar-refractivity contribution in [2.24, 2.45) is 0 Å². The summed E-state index contributed by atoms with van der Waals surface area (Å²) in [6, 6.07) is 5.80. The first-order valence-electron chi connectivity index (χ1n) is 10.8. The highest BCUT2D eigenvalue weighted by Gasteiger charge is 2.69. The van der Waals surface area contributed by atoms with E-state index in [-0.39, 0.29) is 41.4 Å². The van der Waals surface area contributed by atoms with E-state index in [0.29, 0.717) is 16.9 Å². The van der Waals surface area contributed by atoms with Gasteiger partial charge in [-0.2, -0.15) is 0 Å². The van der Waals surface area contributed by atoms with E-state index in [1.807, 2.05) is 19.9 Å². The van der Waals surface area contributed by atoms with Crippen LogP contribution in [0, 0.1) is 0 Å². The van der Waals surface area contributed by atoms with Crippen LogP contribution < -0.4 is 14.2 Å². The van der Waals surface area contributed by atoms with Gasteiger partial charge in [0.2, 0.25) is 11.4 Å². The molecule has 0 bridgehead atoms. The third kappa shape index (κ3) is 2.87. The van der Waals surface area contributed by atoms with Crippen molar-refractivity contribution in [3.05, 3.63) is 52.6 Å². The molecule has 0 fully saturated rings. The molecule has 3 heterocycles. The second-order valence-corrected chi connectivity index (χ2v) is 9.71. The molecule has 2 aromatic rings. The first kappa shape index (κ1) is 21.6. The van der Waals surface area contributed by atoms with Crippen molar-refractivity contribution < 1.29 is 39.4 Å². The minimum absolute atomic E-state index is 0.0454. The summed E-state index contributed by atoms with van der Waals surface area (Å²) in [6.45, 7) is 6.96. The van der Waals surface area contributed by atoms with Crippen molar-refractivity contribution >= 4 is 5.78 Å². The molecule has 8 heteroatoms. The van der Waals surface area contributed by atoms with E-state index in [9.17, 15) is 25.2 Å². The number of aromatic hydroxyl groups is 2. The minimum Gasteiger partial charge on any atom is -0.508 e. The molecule has 8 nitrogen and oxygen atoms in total. The third-order valence-electron chi connectivity index (χ3n) is 6.60. The Labute approximate surface area is 190 Å². The summed E-state index contributed by atoms with van der Waals surface area (Å²) < 4.78 is 17.9. The molecule has 0 unspecified atom stereocenters. The molecule has 0 spiro atoms. The van der Waals surface area contributed by atoms with Crippen LogP contribution in [0.2, 0.25) is 0 Å². The maximum absolute atomic E-state index is 13.7. The summed E-state index contributed by atoms with van der Waals surface area (Å²) in [5.74, 6) is -3.32. The van der Waals surface area contributed by atoms with Gasteiger partial charge < -0.3 is 34.6 Å². The van der Waals surface area contributed by atoms with Crippen LogP contribution in [0.3, 0.4) is 0 Å². The number of phenolic OH excluding ortho intramolecular Hbond substituents is 2. The second-order valence-electron chi connectivity index (χ2n) is 9.71. The van der Waals surface area contributed by atoms with E-state index < -0.39 is 28.9 Å². The maximum atomic E-state index is 13.7. The number of hydrogen-bond acceptors (Lipinski definition) is 8. The molecule has 174 valence electrons. The van der Waals surface area contributed by atoms with Gasteiger partial charge in [-0.3, -0.25) is 4.79 Å². The lowest BCUT2D eigenvalue weighted by molar-refractivity contribution is -0.201. The van der Waals surface area contributed by atoms with Crippen LogP contribution in [-0.4, -0.2) is 43.7 Å². The number of Topliss-reactive ketones (excluding diaryl/α,β-unsaturated/α-hetero) is 1. The fraction of sp³-hybridized carbons (Fsp3) is 0.400. The molecule has 2 aromatic carbocycles. The first-order valence-corrected chi connectivity index (χ1v) is 10.8. The normalized spacial score (nSPS) is 26.8. The van der Waals surface area contributed by atoms with E-state index in [2.05, 4.69) is 0 Å². The minimum atomic E-state index is -2.47. The van der Waals surface area contributed by atoms with Crippen molar-refractivity contribution in [3.63, 3.8) is 0 Å². The third-order valence-corrected chi connectivity index (χ3v) is 6.60. The summed E-state index contributed by atoms with van der Waals surface area (Å²) in [5, 5.41) is 43.0. The fourth-order valence-corrected chi connectivity index (χ4v) is 4.74. The van der Waals surface area contributed by atoms with Gasteiger partial charge >= 0.3 is 5.79 Å². The highest BCUT2D eigenvalue weighted by Crippen LogP contribution is 2.59. The Hall–Kier alpha value is -3.23. The van der Waals surface area contributed by atoms with Crippen molar-refractivity contribution in [1.29, 1.82) is 0 Å². The average molecular weight is 454 g/mol. The molecular formula is C25H26O8. The Morgan fingerprint density at radius 1 is 1.15 bits per heavy atom. The zero-order valence-electron chi connectivity index (χ0n) is 18.8. The van der Waals surface area contributed by atoms with Crippen molar-refractivity contribution in [1.82, 2.24) is 0 Å². The number of carbonyl (C=O) groups is 1. The smallest absolute Gasteiger partial charge is 0.318 e. The van der Waals surface area contributed by atoms with E-state index in [1.165, 1.54) is 18.2 Å². The van der Waals surface area contributed by atoms with Gasteiger partial charge in [-0.05, 0) is 39.8 Å². The summed E-state index contributed by atoms with van der Waals surface area (Å²) in [7, 11) is 0. The van der Waals surface area contributed by atoms with Crippen LogP contribution in [0.1, 0.15) is 55.6 Å². The van der Waals surface area contributed by atoms with E-state index >= 15 is 0 Å². The van der Waals surface area contributed by atoms with Gasteiger partial charge in [0.25, 0.3) is 0 Å². The highest BCUT2D eigenvalue weighted by atomic mass is 16.7. The molecule has 0 amide bonds. The number of carbonyl (C=O) groups excluding carboxylic acids is 1. The molecule has 4 N–H and O–H groups in total. The lowest BCUT2D eigenvalue weighted by Crippen LogP contribution is -2.62. The monoisotopic (exact) mass is 454 g/mol. The number of hydrogen-bond donors (Lipinski definition) is 4. The van der Waals surface area contributed by atoms with Gasteiger partial charge in [-0.1, -0.05) is 11.6 Å². The van der Waals surface area contributed by atoms with Crippen LogP contribution in [0.5, 0.6) is 28.7 Å². The number of ketones is 1. The molecule has 5 rings (SSSR count). The Bertz CT molecular complexity index is 1220.